The molecular weight excluding hydrogens is 242 g/mol. The molecule has 2 rings (SSSR count). The first-order chi connectivity index (χ1) is 9.15. The number of ether oxygens (including phenoxy) is 1. The summed E-state index contributed by atoms with van der Waals surface area (Å²) in [6.07, 6.45) is 4.60. The number of nitrogens with zero attached hydrogens (tertiary/aromatic N) is 4. The second-order valence-electron chi connectivity index (χ2n) is 5.35. The smallest absolute Gasteiger partial charge is 0.323 e. The highest BCUT2D eigenvalue weighted by molar-refractivity contribution is 5.36. The zero-order chi connectivity index (χ0) is 13.7. The van der Waals surface area contributed by atoms with Gasteiger partial charge in [0.1, 0.15) is 0 Å². The van der Waals surface area contributed by atoms with E-state index in [4.69, 9.17) is 10.5 Å². The van der Waals surface area contributed by atoms with Crippen LogP contribution >= 0.6 is 0 Å². The molecule has 0 unspecified atom stereocenters. The van der Waals surface area contributed by atoms with Gasteiger partial charge in [0.15, 0.2) is 0 Å². The lowest BCUT2D eigenvalue weighted by Crippen LogP contribution is -2.31. The van der Waals surface area contributed by atoms with Crippen LogP contribution in [0.1, 0.15) is 39.5 Å². The minimum Gasteiger partial charge on any atom is -0.463 e. The Balaban J connectivity index is 2.01. The number of hydrogen-bond donors (Lipinski definition) is 1. The Bertz CT molecular complexity index is 404. The molecule has 2 heterocycles. The maximum Gasteiger partial charge on any atom is 0.323 e. The van der Waals surface area contributed by atoms with E-state index in [1.54, 1.807) is 0 Å². The highest BCUT2D eigenvalue weighted by Crippen LogP contribution is 2.18. The predicted octanol–water partition coefficient (Wildman–Crippen LogP) is 1.87. The molecular formula is C13H23N5O. The summed E-state index contributed by atoms with van der Waals surface area (Å²) < 4.78 is 5.56. The van der Waals surface area contributed by atoms with Crippen molar-refractivity contribution < 1.29 is 4.74 Å². The Labute approximate surface area is 114 Å². The first kappa shape index (κ1) is 13.8. The Morgan fingerprint density at radius 1 is 1.16 bits per heavy atom. The summed E-state index contributed by atoms with van der Waals surface area (Å²) in [7, 11) is 0. The number of aromatic nitrogens is 3. The van der Waals surface area contributed by atoms with Gasteiger partial charge in [-0.25, -0.2) is 0 Å². The fourth-order valence-corrected chi connectivity index (χ4v) is 2.05. The molecule has 19 heavy (non-hydrogen) atoms. The summed E-state index contributed by atoms with van der Waals surface area (Å²) in [5, 5.41) is 0. The molecule has 0 saturated carbocycles. The molecule has 0 bridgehead atoms. The van der Waals surface area contributed by atoms with Gasteiger partial charge in [-0.2, -0.15) is 15.0 Å². The lowest BCUT2D eigenvalue weighted by atomic mass is 10.1. The molecule has 0 amide bonds. The van der Waals surface area contributed by atoms with Gasteiger partial charge in [-0.3, -0.25) is 0 Å². The number of nitrogen functional groups attached to an aromatic ring is 1. The van der Waals surface area contributed by atoms with Gasteiger partial charge < -0.3 is 15.4 Å². The van der Waals surface area contributed by atoms with Crippen LogP contribution in [0, 0.1) is 5.92 Å². The average Bonchev–Trinajstić information content (AvgIpc) is 2.39. The minimum atomic E-state index is 0.232. The number of hydrogen-bond acceptors (Lipinski definition) is 6. The number of anilines is 2. The molecule has 6 nitrogen and oxygen atoms in total. The van der Waals surface area contributed by atoms with E-state index < -0.39 is 0 Å². The van der Waals surface area contributed by atoms with Gasteiger partial charge in [0.2, 0.25) is 11.9 Å². The highest BCUT2D eigenvalue weighted by Gasteiger charge is 2.16. The molecule has 106 valence electrons. The van der Waals surface area contributed by atoms with Gasteiger partial charge in [0, 0.05) is 13.1 Å². The van der Waals surface area contributed by atoms with E-state index in [0.717, 1.165) is 19.5 Å². The van der Waals surface area contributed by atoms with Crippen molar-refractivity contribution in [2.75, 3.05) is 30.3 Å². The third kappa shape index (κ3) is 4.22. The lowest BCUT2D eigenvalue weighted by Gasteiger charge is -2.26. The van der Waals surface area contributed by atoms with Crippen molar-refractivity contribution in [1.29, 1.82) is 0 Å². The molecule has 1 aliphatic heterocycles. The van der Waals surface area contributed by atoms with Gasteiger partial charge >= 0.3 is 6.01 Å². The summed E-state index contributed by atoms with van der Waals surface area (Å²) in [4.78, 5) is 14.7. The predicted molar refractivity (Wildman–Crippen MR) is 75.3 cm³/mol. The van der Waals surface area contributed by atoms with Crippen molar-refractivity contribution in [1.82, 2.24) is 15.0 Å². The Kier molecular flexibility index (Phi) is 4.76. The fraction of sp³-hybridized carbons (Fsp3) is 0.769. The molecule has 0 spiro atoms. The van der Waals surface area contributed by atoms with Crippen LogP contribution in [-0.4, -0.2) is 34.6 Å². The van der Waals surface area contributed by atoms with Crippen LogP contribution in [0.25, 0.3) is 0 Å². The zero-order valence-electron chi connectivity index (χ0n) is 11.8. The summed E-state index contributed by atoms with van der Waals surface area (Å²) >= 11 is 0. The van der Waals surface area contributed by atoms with Crippen LogP contribution in [0.5, 0.6) is 6.01 Å². The summed E-state index contributed by atoms with van der Waals surface area (Å²) in [6, 6.07) is 0.341. The number of nitrogens with two attached hydrogens (primary N) is 1. The van der Waals surface area contributed by atoms with Crippen molar-refractivity contribution in [3.05, 3.63) is 0 Å². The van der Waals surface area contributed by atoms with Crippen molar-refractivity contribution in [3.8, 4) is 6.01 Å². The normalized spacial score (nSPS) is 15.8. The molecule has 0 radical (unpaired) electrons. The van der Waals surface area contributed by atoms with Crippen LogP contribution in [0.15, 0.2) is 0 Å². The third-order valence-electron chi connectivity index (χ3n) is 3.19. The van der Waals surface area contributed by atoms with Crippen molar-refractivity contribution in [2.24, 2.45) is 5.92 Å². The van der Waals surface area contributed by atoms with Gasteiger partial charge in [0.25, 0.3) is 0 Å². The summed E-state index contributed by atoms with van der Waals surface area (Å²) in [5.74, 6) is 1.47. The quantitative estimate of drug-likeness (QED) is 0.875. The second-order valence-corrected chi connectivity index (χ2v) is 5.35. The van der Waals surface area contributed by atoms with E-state index >= 15 is 0 Å². The first-order valence-corrected chi connectivity index (χ1v) is 7.04. The molecule has 1 saturated heterocycles. The zero-order valence-corrected chi connectivity index (χ0v) is 11.8. The molecule has 0 aromatic carbocycles. The minimum absolute atomic E-state index is 0.232. The van der Waals surface area contributed by atoms with E-state index in [-0.39, 0.29) is 5.95 Å². The van der Waals surface area contributed by atoms with Crippen LogP contribution in [0.2, 0.25) is 0 Å². The van der Waals surface area contributed by atoms with E-state index in [1.807, 2.05) is 0 Å². The fourth-order valence-electron chi connectivity index (χ4n) is 2.05. The van der Waals surface area contributed by atoms with E-state index in [2.05, 4.69) is 33.7 Å². The first-order valence-electron chi connectivity index (χ1n) is 7.04. The molecule has 6 heteroatoms. The maximum atomic E-state index is 5.73. The molecule has 1 aliphatic rings. The van der Waals surface area contributed by atoms with E-state index in [0.29, 0.717) is 24.5 Å². The van der Waals surface area contributed by atoms with Crippen LogP contribution in [0.4, 0.5) is 11.9 Å². The van der Waals surface area contributed by atoms with Crippen molar-refractivity contribution in [3.63, 3.8) is 0 Å². The summed E-state index contributed by atoms with van der Waals surface area (Å²) in [5.41, 5.74) is 5.73. The maximum absolute atomic E-state index is 5.73. The third-order valence-corrected chi connectivity index (χ3v) is 3.19. The molecule has 1 aromatic heterocycles. The number of rotatable bonds is 5. The molecule has 0 atom stereocenters. The largest absolute Gasteiger partial charge is 0.463 e. The second kappa shape index (κ2) is 6.54. The van der Waals surface area contributed by atoms with Gasteiger partial charge in [-0.15, -0.1) is 0 Å². The molecule has 1 aromatic rings. The Hall–Kier alpha value is -1.59. The topological polar surface area (TPSA) is 77.2 Å². The Morgan fingerprint density at radius 2 is 1.89 bits per heavy atom. The van der Waals surface area contributed by atoms with Crippen LogP contribution < -0.4 is 15.4 Å². The molecule has 0 aliphatic carbocycles. The molecule has 2 N–H and O–H groups in total. The SMILES string of the molecule is CC(C)CCOc1nc(N)nc(N2CCCCC2)n1. The van der Waals surface area contributed by atoms with Gasteiger partial charge in [-0.05, 0) is 31.6 Å². The monoisotopic (exact) mass is 265 g/mol. The van der Waals surface area contributed by atoms with E-state index in [1.165, 1.54) is 19.3 Å². The average molecular weight is 265 g/mol. The summed E-state index contributed by atoms with van der Waals surface area (Å²) in [6.45, 7) is 6.89. The van der Waals surface area contributed by atoms with Crippen LogP contribution in [0.3, 0.4) is 0 Å². The van der Waals surface area contributed by atoms with E-state index in [9.17, 15) is 0 Å². The van der Waals surface area contributed by atoms with Crippen molar-refractivity contribution >= 4 is 11.9 Å². The van der Waals surface area contributed by atoms with Crippen LogP contribution in [-0.2, 0) is 0 Å². The number of piperidine rings is 1. The lowest BCUT2D eigenvalue weighted by molar-refractivity contribution is 0.268. The highest BCUT2D eigenvalue weighted by atomic mass is 16.5. The van der Waals surface area contributed by atoms with Gasteiger partial charge in [-0.1, -0.05) is 13.8 Å². The van der Waals surface area contributed by atoms with Gasteiger partial charge in [0.05, 0.1) is 6.61 Å². The Morgan fingerprint density at radius 3 is 2.58 bits per heavy atom. The standard InChI is InChI=1S/C13H23N5O/c1-10(2)6-9-19-13-16-11(14)15-12(17-13)18-7-4-3-5-8-18/h10H,3-9H2,1-2H3,(H2,14,15,16,17). The molecule has 1 fully saturated rings. The van der Waals surface area contributed by atoms with Crippen molar-refractivity contribution in [2.45, 2.75) is 39.5 Å².